The van der Waals surface area contributed by atoms with Crippen molar-refractivity contribution in [2.45, 2.75) is 46.2 Å². The van der Waals surface area contributed by atoms with Crippen molar-refractivity contribution in [2.24, 2.45) is 5.92 Å². The molecule has 0 aliphatic rings. The van der Waals surface area contributed by atoms with Crippen LogP contribution >= 0.6 is 11.3 Å². The molecule has 0 N–H and O–H groups in total. The Bertz CT molecular complexity index is 1070. The van der Waals surface area contributed by atoms with Gasteiger partial charge in [-0.25, -0.2) is 0 Å². The molecule has 170 valence electrons. The summed E-state index contributed by atoms with van der Waals surface area (Å²) in [7, 11) is 0. The highest BCUT2D eigenvalue weighted by Crippen LogP contribution is 2.40. The van der Waals surface area contributed by atoms with Crippen molar-refractivity contribution < 1.29 is 22.7 Å². The van der Waals surface area contributed by atoms with E-state index in [1.54, 1.807) is 18.3 Å². The molecule has 6 heteroatoms. The van der Waals surface area contributed by atoms with Crippen LogP contribution in [-0.4, -0.2) is 12.6 Å². The summed E-state index contributed by atoms with van der Waals surface area (Å²) in [5, 5.41) is 2.04. The predicted octanol–water partition coefficient (Wildman–Crippen LogP) is 8.10. The van der Waals surface area contributed by atoms with Crippen LogP contribution in [0.4, 0.5) is 13.2 Å². The molecule has 0 aliphatic heterocycles. The van der Waals surface area contributed by atoms with E-state index in [1.807, 2.05) is 44.4 Å². The highest BCUT2D eigenvalue weighted by molar-refractivity contribution is 7.13. The van der Waals surface area contributed by atoms with E-state index in [2.05, 4.69) is 6.07 Å². The number of alkyl halides is 3. The Hall–Kier alpha value is -2.60. The molecule has 0 amide bonds. The Balaban J connectivity index is 2.14. The minimum absolute atomic E-state index is 0.276. The summed E-state index contributed by atoms with van der Waals surface area (Å²) in [6.07, 6.45) is -3.76. The van der Waals surface area contributed by atoms with Crippen LogP contribution in [0, 0.1) is 12.8 Å². The standard InChI is InChI=1S/C26H27F3O2S/c1-5-31-25(30)23(12-16(2)3)19-8-11-21(24-13-17(4)15-32-24)22(14-19)18-6-9-20(10-7-18)26(27,28)29/h6-11,13-16,23H,5,12H2,1-4H3. The molecule has 1 atom stereocenters. The molecule has 2 nitrogen and oxygen atoms in total. The zero-order valence-electron chi connectivity index (χ0n) is 18.6. The van der Waals surface area contributed by atoms with Gasteiger partial charge >= 0.3 is 12.1 Å². The lowest BCUT2D eigenvalue weighted by Gasteiger charge is -2.20. The van der Waals surface area contributed by atoms with Crippen molar-refractivity contribution in [1.82, 2.24) is 0 Å². The maximum absolute atomic E-state index is 13.1. The van der Waals surface area contributed by atoms with Crippen molar-refractivity contribution in [3.8, 4) is 21.6 Å². The molecule has 1 aromatic heterocycles. The van der Waals surface area contributed by atoms with E-state index in [4.69, 9.17) is 4.74 Å². The van der Waals surface area contributed by atoms with Crippen molar-refractivity contribution in [1.29, 1.82) is 0 Å². The molecule has 0 saturated heterocycles. The summed E-state index contributed by atoms with van der Waals surface area (Å²) in [4.78, 5) is 13.7. The summed E-state index contributed by atoms with van der Waals surface area (Å²) in [6.45, 7) is 8.18. The van der Waals surface area contributed by atoms with Crippen LogP contribution in [-0.2, 0) is 15.7 Å². The summed E-state index contributed by atoms with van der Waals surface area (Å²) in [5.41, 5.74) is 3.65. The van der Waals surface area contributed by atoms with Crippen LogP contribution in [0.5, 0.6) is 0 Å². The van der Waals surface area contributed by atoms with Gasteiger partial charge in [-0.15, -0.1) is 11.3 Å². The summed E-state index contributed by atoms with van der Waals surface area (Å²) in [5.74, 6) is -0.430. The third-order valence-corrected chi connectivity index (χ3v) is 6.32. The smallest absolute Gasteiger partial charge is 0.416 e. The number of thiophene rings is 1. The Kier molecular flexibility index (Phi) is 7.44. The van der Waals surface area contributed by atoms with Crippen LogP contribution in [0.1, 0.15) is 49.8 Å². The normalized spacial score (nSPS) is 12.8. The van der Waals surface area contributed by atoms with E-state index in [0.29, 0.717) is 18.6 Å². The Morgan fingerprint density at radius 2 is 1.72 bits per heavy atom. The summed E-state index contributed by atoms with van der Waals surface area (Å²) >= 11 is 1.59. The van der Waals surface area contributed by atoms with E-state index in [9.17, 15) is 18.0 Å². The van der Waals surface area contributed by atoms with Gasteiger partial charge < -0.3 is 4.74 Å². The molecular weight excluding hydrogens is 433 g/mol. The van der Waals surface area contributed by atoms with Gasteiger partial charge in [0.1, 0.15) is 0 Å². The van der Waals surface area contributed by atoms with Gasteiger partial charge in [0.2, 0.25) is 0 Å². The van der Waals surface area contributed by atoms with Crippen molar-refractivity contribution >= 4 is 17.3 Å². The first-order chi connectivity index (χ1) is 15.1. The lowest BCUT2D eigenvalue weighted by molar-refractivity contribution is -0.145. The predicted molar refractivity (Wildman–Crippen MR) is 124 cm³/mol. The number of halogens is 3. The molecule has 0 aliphatic carbocycles. The molecule has 1 heterocycles. The van der Waals surface area contributed by atoms with E-state index in [-0.39, 0.29) is 11.9 Å². The first-order valence-electron chi connectivity index (χ1n) is 10.6. The minimum Gasteiger partial charge on any atom is -0.466 e. The Labute approximate surface area is 191 Å². The maximum atomic E-state index is 13.1. The number of hydrogen-bond donors (Lipinski definition) is 0. The zero-order valence-corrected chi connectivity index (χ0v) is 19.4. The first-order valence-corrected chi connectivity index (χ1v) is 11.5. The number of hydrogen-bond acceptors (Lipinski definition) is 3. The monoisotopic (exact) mass is 460 g/mol. The largest absolute Gasteiger partial charge is 0.466 e. The molecule has 0 spiro atoms. The van der Waals surface area contributed by atoms with Gasteiger partial charge in [-0.2, -0.15) is 13.2 Å². The Morgan fingerprint density at radius 1 is 1.03 bits per heavy atom. The molecule has 1 unspecified atom stereocenters. The molecule has 3 rings (SSSR count). The molecule has 3 aromatic rings. The molecule has 32 heavy (non-hydrogen) atoms. The number of ether oxygens (including phenoxy) is 1. The molecule has 0 fully saturated rings. The van der Waals surface area contributed by atoms with Gasteiger partial charge in [0.15, 0.2) is 0 Å². The molecule has 0 radical (unpaired) electrons. The highest BCUT2D eigenvalue weighted by atomic mass is 32.1. The maximum Gasteiger partial charge on any atom is 0.416 e. The topological polar surface area (TPSA) is 26.3 Å². The summed E-state index contributed by atoms with van der Waals surface area (Å²) in [6, 6.07) is 13.1. The van der Waals surface area contributed by atoms with Gasteiger partial charge in [-0.05, 0) is 83.6 Å². The number of benzene rings is 2. The quantitative estimate of drug-likeness (QED) is 0.333. The average Bonchev–Trinajstić information content (AvgIpc) is 3.17. The zero-order chi connectivity index (χ0) is 23.5. The molecule has 0 saturated carbocycles. The number of rotatable bonds is 7. The lowest BCUT2D eigenvalue weighted by Crippen LogP contribution is -2.18. The fourth-order valence-electron chi connectivity index (χ4n) is 3.73. The van der Waals surface area contributed by atoms with Crippen molar-refractivity contribution in [3.63, 3.8) is 0 Å². The number of carbonyl (C=O) groups is 1. The second kappa shape index (κ2) is 9.90. The highest BCUT2D eigenvalue weighted by Gasteiger charge is 2.30. The van der Waals surface area contributed by atoms with Gasteiger partial charge in [0, 0.05) is 4.88 Å². The first kappa shape index (κ1) is 24.1. The van der Waals surface area contributed by atoms with Gasteiger partial charge in [0.05, 0.1) is 18.1 Å². The lowest BCUT2D eigenvalue weighted by atomic mass is 9.86. The SMILES string of the molecule is CCOC(=O)C(CC(C)C)c1ccc(-c2cc(C)cs2)c(-c2ccc(C(F)(F)F)cc2)c1. The van der Waals surface area contributed by atoms with Gasteiger partial charge in [-0.3, -0.25) is 4.79 Å². The number of aryl methyl sites for hydroxylation is 1. The van der Waals surface area contributed by atoms with E-state index < -0.39 is 17.7 Å². The van der Waals surface area contributed by atoms with Crippen LogP contribution in [0.3, 0.4) is 0 Å². The van der Waals surface area contributed by atoms with Gasteiger partial charge in [-0.1, -0.05) is 38.1 Å². The Morgan fingerprint density at radius 3 is 2.25 bits per heavy atom. The van der Waals surface area contributed by atoms with Crippen LogP contribution in [0.2, 0.25) is 0 Å². The van der Waals surface area contributed by atoms with Gasteiger partial charge in [0.25, 0.3) is 0 Å². The van der Waals surface area contributed by atoms with Crippen molar-refractivity contribution in [2.75, 3.05) is 6.61 Å². The second-order valence-corrected chi connectivity index (χ2v) is 9.21. The molecule has 0 bridgehead atoms. The summed E-state index contributed by atoms with van der Waals surface area (Å²) < 4.78 is 44.5. The van der Waals surface area contributed by atoms with Crippen LogP contribution in [0.15, 0.2) is 53.9 Å². The minimum atomic E-state index is -4.39. The number of esters is 1. The third kappa shape index (κ3) is 5.60. The molecular formula is C26H27F3O2S. The van der Waals surface area contributed by atoms with E-state index in [1.165, 1.54) is 12.1 Å². The molecule has 2 aromatic carbocycles. The van der Waals surface area contributed by atoms with Crippen LogP contribution < -0.4 is 0 Å². The third-order valence-electron chi connectivity index (χ3n) is 5.24. The van der Waals surface area contributed by atoms with Crippen LogP contribution in [0.25, 0.3) is 21.6 Å². The van der Waals surface area contributed by atoms with E-state index >= 15 is 0 Å². The fourth-order valence-corrected chi connectivity index (χ4v) is 4.67. The second-order valence-electron chi connectivity index (χ2n) is 8.30. The average molecular weight is 461 g/mol. The fraction of sp³-hybridized carbons (Fsp3) is 0.346. The number of carbonyl (C=O) groups excluding carboxylic acids is 1. The van der Waals surface area contributed by atoms with E-state index in [0.717, 1.165) is 39.3 Å². The van der Waals surface area contributed by atoms with Crippen molar-refractivity contribution in [3.05, 3.63) is 70.6 Å².